The number of aromatic nitrogens is 2. The first-order valence-corrected chi connectivity index (χ1v) is 12.9. The van der Waals surface area contributed by atoms with Crippen LogP contribution in [0.4, 0.5) is 5.82 Å². The number of hydrogen-bond donors (Lipinski definition) is 2. The highest BCUT2D eigenvalue weighted by atomic mass is 28.2. The van der Waals surface area contributed by atoms with Gasteiger partial charge >= 0.3 is 5.69 Å². The van der Waals surface area contributed by atoms with E-state index >= 15 is 0 Å². The van der Waals surface area contributed by atoms with Gasteiger partial charge in [0.15, 0.2) is 25.8 Å². The van der Waals surface area contributed by atoms with E-state index in [0.717, 1.165) is 12.8 Å². The molecule has 0 aliphatic carbocycles. The van der Waals surface area contributed by atoms with E-state index in [1.807, 2.05) is 0 Å². The Morgan fingerprint density at radius 2 is 1.86 bits per heavy atom. The first-order chi connectivity index (χ1) is 13.5. The van der Waals surface area contributed by atoms with Crippen LogP contribution in [0.25, 0.3) is 0 Å². The molecule has 0 saturated carbocycles. The fraction of sp³-hybridized carbons (Fsp3) is 0.789. The third-order valence-corrected chi connectivity index (χ3v) is 9.35. The second-order valence-corrected chi connectivity index (χ2v) is 14.6. The number of nitrogen functional groups attached to an aromatic ring is 1. The molecule has 4 atom stereocenters. The van der Waals surface area contributed by atoms with Crippen LogP contribution in [0.3, 0.4) is 0 Å². The first-order valence-electron chi connectivity index (χ1n) is 10.4. The average Bonchev–Trinajstić information content (AvgIpc) is 2.95. The topological polar surface area (TPSA) is 109 Å². The summed E-state index contributed by atoms with van der Waals surface area (Å²) in [6.45, 7) is 13.4. The Kier molecular flexibility index (Phi) is 8.22. The van der Waals surface area contributed by atoms with Crippen molar-refractivity contribution in [3.8, 4) is 0 Å². The maximum atomic E-state index is 12.3. The second-order valence-electron chi connectivity index (χ2n) is 9.42. The molecular formula is C19H37N3O5Si2. The minimum Gasteiger partial charge on any atom is -0.421 e. The molecule has 1 aliphatic heterocycles. The van der Waals surface area contributed by atoms with Crippen LogP contribution in [-0.2, 0) is 13.6 Å². The fourth-order valence-corrected chi connectivity index (χ4v) is 5.25. The Morgan fingerprint density at radius 3 is 2.45 bits per heavy atom. The molecule has 0 aromatic carbocycles. The maximum absolute atomic E-state index is 12.3. The summed E-state index contributed by atoms with van der Waals surface area (Å²) >= 11 is 0. The van der Waals surface area contributed by atoms with Gasteiger partial charge in [-0.25, -0.2) is 4.79 Å². The van der Waals surface area contributed by atoms with Crippen LogP contribution in [0.15, 0.2) is 17.1 Å². The van der Waals surface area contributed by atoms with Gasteiger partial charge in [0, 0.05) is 6.20 Å². The minimum atomic E-state index is -0.979. The third-order valence-electron chi connectivity index (χ3n) is 5.79. The molecule has 1 fully saturated rings. The summed E-state index contributed by atoms with van der Waals surface area (Å²) in [5, 5.41) is 11.3. The number of aliphatic hydroxyl groups excluding tert-OH is 1. The number of ether oxygens (including phenoxy) is 1. The Hall–Kier alpha value is -1.05. The summed E-state index contributed by atoms with van der Waals surface area (Å²) in [5.41, 5.74) is 5.03. The zero-order chi connectivity index (χ0) is 21.8. The SMILES string of the molecule is CCC(C)(C)[SiH2]OCC1OC(n2ccc(N)nc2=O)C(O)C1O[SiH2]C(C)(C)CC. The van der Waals surface area contributed by atoms with Gasteiger partial charge in [0.05, 0.1) is 6.61 Å². The number of rotatable bonds is 10. The summed E-state index contributed by atoms with van der Waals surface area (Å²) in [7, 11) is -1.71. The molecule has 8 nitrogen and oxygen atoms in total. The van der Waals surface area contributed by atoms with Crippen LogP contribution < -0.4 is 11.4 Å². The van der Waals surface area contributed by atoms with Gasteiger partial charge in [-0.05, 0) is 16.1 Å². The van der Waals surface area contributed by atoms with Crippen molar-refractivity contribution in [2.24, 2.45) is 0 Å². The molecule has 0 radical (unpaired) electrons. The molecule has 1 aromatic heterocycles. The molecule has 1 aliphatic rings. The van der Waals surface area contributed by atoms with Crippen molar-refractivity contribution < 1.29 is 18.7 Å². The fourth-order valence-electron chi connectivity index (χ4n) is 2.89. The Bertz CT molecular complexity index is 728. The Labute approximate surface area is 178 Å². The Morgan fingerprint density at radius 1 is 1.24 bits per heavy atom. The monoisotopic (exact) mass is 443 g/mol. The van der Waals surface area contributed by atoms with Crippen LogP contribution in [0.1, 0.15) is 60.6 Å². The molecule has 0 spiro atoms. The van der Waals surface area contributed by atoms with Crippen molar-refractivity contribution in [2.75, 3.05) is 12.3 Å². The highest BCUT2D eigenvalue weighted by molar-refractivity contribution is 6.32. The van der Waals surface area contributed by atoms with Crippen molar-refractivity contribution in [1.29, 1.82) is 0 Å². The van der Waals surface area contributed by atoms with Crippen LogP contribution in [0, 0.1) is 0 Å². The van der Waals surface area contributed by atoms with E-state index in [1.165, 1.54) is 16.8 Å². The lowest BCUT2D eigenvalue weighted by atomic mass is 10.1. The first kappa shape index (κ1) is 24.2. The lowest BCUT2D eigenvalue weighted by Gasteiger charge is -2.28. The summed E-state index contributed by atoms with van der Waals surface area (Å²) in [4.78, 5) is 16.0. The smallest absolute Gasteiger partial charge is 0.351 e. The lowest BCUT2D eigenvalue weighted by Crippen LogP contribution is -2.40. The van der Waals surface area contributed by atoms with E-state index in [4.69, 9.17) is 19.3 Å². The average molecular weight is 444 g/mol. The molecular weight excluding hydrogens is 406 g/mol. The van der Waals surface area contributed by atoms with Gasteiger partial charge in [-0.3, -0.25) is 4.57 Å². The maximum Gasteiger partial charge on any atom is 0.351 e. The molecule has 0 amide bonds. The highest BCUT2D eigenvalue weighted by Gasteiger charge is 2.46. The van der Waals surface area contributed by atoms with E-state index in [2.05, 4.69) is 46.5 Å². The highest BCUT2D eigenvalue weighted by Crippen LogP contribution is 2.34. The predicted molar refractivity (Wildman–Crippen MR) is 119 cm³/mol. The van der Waals surface area contributed by atoms with Crippen LogP contribution in [0.5, 0.6) is 0 Å². The van der Waals surface area contributed by atoms with Crippen LogP contribution in [0.2, 0.25) is 10.1 Å². The number of anilines is 1. The standard InChI is InChI=1S/C19H37N3O5Si2/c1-7-18(3,4)28-25-11-12-15(27-29-19(5,6)8-2)14(23)16(26-12)22-10-9-13(20)21-17(22)24/h9-10,12,14-16,23H,7-8,11,28-29H2,1-6H3,(H2,20,21,24). The van der Waals surface area contributed by atoms with Gasteiger partial charge in [0.1, 0.15) is 24.1 Å². The van der Waals surface area contributed by atoms with Crippen molar-refractivity contribution in [2.45, 2.75) is 89.0 Å². The molecule has 10 heteroatoms. The molecule has 1 aromatic rings. The largest absolute Gasteiger partial charge is 0.421 e. The molecule has 0 bridgehead atoms. The van der Waals surface area contributed by atoms with Gasteiger partial charge in [-0.1, -0.05) is 54.4 Å². The minimum absolute atomic E-state index is 0.113. The van der Waals surface area contributed by atoms with Gasteiger partial charge in [0.2, 0.25) is 0 Å². The third kappa shape index (κ3) is 6.46. The number of nitrogens with two attached hydrogens (primary N) is 1. The zero-order valence-electron chi connectivity index (χ0n) is 18.6. The van der Waals surface area contributed by atoms with Crippen LogP contribution >= 0.6 is 0 Å². The van der Waals surface area contributed by atoms with E-state index in [0.29, 0.717) is 6.61 Å². The molecule has 3 N–H and O–H groups in total. The molecule has 2 rings (SSSR count). The molecule has 2 heterocycles. The van der Waals surface area contributed by atoms with E-state index < -0.39 is 49.8 Å². The zero-order valence-corrected chi connectivity index (χ0v) is 21.4. The van der Waals surface area contributed by atoms with Crippen molar-refractivity contribution in [3.05, 3.63) is 22.7 Å². The van der Waals surface area contributed by atoms with E-state index in [1.54, 1.807) is 0 Å². The van der Waals surface area contributed by atoms with Crippen molar-refractivity contribution >= 4 is 25.3 Å². The quantitative estimate of drug-likeness (QED) is 0.516. The van der Waals surface area contributed by atoms with Gasteiger partial charge in [-0.2, -0.15) is 4.98 Å². The summed E-state index contributed by atoms with van der Waals surface area (Å²) in [6, 6.07) is 1.52. The Balaban J connectivity index is 2.17. The van der Waals surface area contributed by atoms with Crippen molar-refractivity contribution in [1.82, 2.24) is 9.55 Å². The normalized spacial score (nSPS) is 26.3. The number of hydrogen-bond acceptors (Lipinski definition) is 7. The molecule has 29 heavy (non-hydrogen) atoms. The van der Waals surface area contributed by atoms with Crippen LogP contribution in [-0.4, -0.2) is 59.1 Å². The number of nitrogens with zero attached hydrogens (tertiary/aromatic N) is 2. The van der Waals surface area contributed by atoms with Gasteiger partial charge < -0.3 is 24.4 Å². The number of aliphatic hydroxyl groups is 1. The molecule has 4 unspecified atom stereocenters. The lowest BCUT2D eigenvalue weighted by molar-refractivity contribution is -0.0513. The molecule has 1 saturated heterocycles. The predicted octanol–water partition coefficient (Wildman–Crippen LogP) is 0.870. The second kappa shape index (κ2) is 9.84. The summed E-state index contributed by atoms with van der Waals surface area (Å²) in [6.07, 6.45) is 0.759. The summed E-state index contributed by atoms with van der Waals surface area (Å²) < 4.78 is 19.6. The van der Waals surface area contributed by atoms with Gasteiger partial charge in [-0.15, -0.1) is 0 Å². The van der Waals surface area contributed by atoms with E-state index in [9.17, 15) is 9.90 Å². The van der Waals surface area contributed by atoms with Crippen molar-refractivity contribution in [3.63, 3.8) is 0 Å². The summed E-state index contributed by atoms with van der Waals surface area (Å²) in [5.74, 6) is 0.135. The molecule has 166 valence electrons. The van der Waals surface area contributed by atoms with Gasteiger partial charge in [0.25, 0.3) is 0 Å². The van der Waals surface area contributed by atoms with E-state index in [-0.39, 0.29) is 15.9 Å².